The molecule has 0 aromatic heterocycles. The van der Waals surface area contributed by atoms with Gasteiger partial charge in [0.2, 0.25) is 0 Å². The second-order valence-electron chi connectivity index (χ2n) is 5.17. The lowest BCUT2D eigenvalue weighted by Crippen LogP contribution is -2.31. The fourth-order valence-corrected chi connectivity index (χ4v) is 3.63. The summed E-state index contributed by atoms with van der Waals surface area (Å²) in [4.78, 5) is 26.3. The fourth-order valence-electron chi connectivity index (χ4n) is 2.42. The molecule has 0 spiro atoms. The molecule has 1 N–H and O–H groups in total. The first-order valence-corrected chi connectivity index (χ1v) is 8.30. The molecule has 0 saturated heterocycles. The van der Waals surface area contributed by atoms with Crippen LogP contribution in [0.5, 0.6) is 0 Å². The number of Topliss-reactive ketones (excluding diaryl/α,β-unsaturated/α-hetero) is 2. The minimum absolute atomic E-state index is 0.0881. The van der Waals surface area contributed by atoms with Gasteiger partial charge in [-0.2, -0.15) is 0 Å². The molecule has 2 rings (SSSR count). The van der Waals surface area contributed by atoms with Crippen molar-refractivity contribution in [3.8, 4) is 0 Å². The quantitative estimate of drug-likeness (QED) is 0.450. The maximum Gasteiger partial charge on any atom is 0.167 e. The van der Waals surface area contributed by atoms with Crippen LogP contribution in [0.25, 0.3) is 0 Å². The number of hydrogen-bond acceptors (Lipinski definition) is 5. The average Bonchev–Trinajstić information content (AvgIpc) is 2.55. The molecule has 4 nitrogen and oxygen atoms in total. The minimum Gasteiger partial charge on any atom is -0.394 e. The van der Waals surface area contributed by atoms with Crippen molar-refractivity contribution in [2.75, 3.05) is 19.8 Å². The molecule has 1 atom stereocenters. The van der Waals surface area contributed by atoms with Gasteiger partial charge >= 0.3 is 0 Å². The van der Waals surface area contributed by atoms with Gasteiger partial charge in [0.15, 0.2) is 11.6 Å². The average molecular weight is 332 g/mol. The van der Waals surface area contributed by atoms with Crippen molar-refractivity contribution in [1.29, 1.82) is 0 Å². The lowest BCUT2D eigenvalue weighted by atomic mass is 9.87. The Morgan fingerprint density at radius 1 is 1.30 bits per heavy atom. The first-order chi connectivity index (χ1) is 11.2. The summed E-state index contributed by atoms with van der Waals surface area (Å²) >= 11 is 1.43. The number of allylic oxidation sites excluding steroid dienone is 2. The molecule has 0 fully saturated rings. The van der Waals surface area contributed by atoms with Crippen LogP contribution in [0.3, 0.4) is 0 Å². The van der Waals surface area contributed by atoms with Crippen molar-refractivity contribution >= 4 is 23.3 Å². The van der Waals surface area contributed by atoms with Crippen LogP contribution in [0.1, 0.15) is 12.8 Å². The summed E-state index contributed by atoms with van der Waals surface area (Å²) in [6, 6.07) is 9.64. The third-order valence-corrected chi connectivity index (χ3v) is 4.77. The highest BCUT2D eigenvalue weighted by Crippen LogP contribution is 2.39. The molecule has 0 radical (unpaired) electrons. The lowest BCUT2D eigenvalue weighted by molar-refractivity contribution is -0.129. The molecule has 0 heterocycles. The largest absolute Gasteiger partial charge is 0.394 e. The van der Waals surface area contributed by atoms with Crippen molar-refractivity contribution in [2.24, 2.45) is 5.92 Å². The van der Waals surface area contributed by atoms with Crippen LogP contribution in [0.15, 0.2) is 58.4 Å². The van der Waals surface area contributed by atoms with Gasteiger partial charge in [0.05, 0.1) is 32.2 Å². The van der Waals surface area contributed by atoms with Gasteiger partial charge < -0.3 is 9.84 Å². The van der Waals surface area contributed by atoms with E-state index in [9.17, 15) is 9.59 Å². The Kier molecular flexibility index (Phi) is 6.77. The Bertz CT molecular complexity index is 607. The summed E-state index contributed by atoms with van der Waals surface area (Å²) in [5, 5.41) is 8.85. The third kappa shape index (κ3) is 4.64. The second-order valence-corrected chi connectivity index (χ2v) is 6.28. The van der Waals surface area contributed by atoms with Gasteiger partial charge in [0, 0.05) is 15.4 Å². The zero-order chi connectivity index (χ0) is 16.7. The molecule has 0 saturated carbocycles. The molecule has 0 amide bonds. The SMILES string of the molecule is C=CCC1=C(Sc2ccccc2)C(COCCO)C(=O)CC1=O. The Morgan fingerprint density at radius 2 is 2.04 bits per heavy atom. The highest BCUT2D eigenvalue weighted by atomic mass is 32.2. The molecule has 0 bridgehead atoms. The molecule has 1 aliphatic carbocycles. The maximum atomic E-state index is 12.3. The lowest BCUT2D eigenvalue weighted by Gasteiger charge is -2.26. The number of ketones is 2. The minimum atomic E-state index is -0.459. The van der Waals surface area contributed by atoms with E-state index in [-0.39, 0.29) is 37.8 Å². The molecule has 1 aromatic rings. The predicted molar refractivity (Wildman–Crippen MR) is 90.2 cm³/mol. The molecule has 1 aromatic carbocycles. The van der Waals surface area contributed by atoms with Crippen LogP contribution in [-0.4, -0.2) is 36.5 Å². The van der Waals surface area contributed by atoms with Crippen LogP contribution in [0.2, 0.25) is 0 Å². The second kappa shape index (κ2) is 8.82. The number of aliphatic hydroxyl groups excluding tert-OH is 1. The van der Waals surface area contributed by atoms with Crippen molar-refractivity contribution in [3.63, 3.8) is 0 Å². The van der Waals surface area contributed by atoms with Crippen LogP contribution >= 0.6 is 11.8 Å². The molecule has 122 valence electrons. The first-order valence-electron chi connectivity index (χ1n) is 7.48. The summed E-state index contributed by atoms with van der Waals surface area (Å²) < 4.78 is 5.37. The molecule has 0 aliphatic heterocycles. The first kappa shape index (κ1) is 17.7. The summed E-state index contributed by atoms with van der Waals surface area (Å²) in [7, 11) is 0. The van der Waals surface area contributed by atoms with Crippen LogP contribution in [0, 0.1) is 5.92 Å². The Labute approximate surface area is 140 Å². The maximum absolute atomic E-state index is 12.3. The number of ether oxygens (including phenoxy) is 1. The van der Waals surface area contributed by atoms with E-state index in [1.54, 1.807) is 6.08 Å². The Morgan fingerprint density at radius 3 is 2.70 bits per heavy atom. The number of carbonyl (C=O) groups is 2. The zero-order valence-electron chi connectivity index (χ0n) is 12.9. The molecule has 5 heteroatoms. The van der Waals surface area contributed by atoms with Gasteiger partial charge in [-0.15, -0.1) is 6.58 Å². The van der Waals surface area contributed by atoms with E-state index in [1.165, 1.54) is 11.8 Å². The summed E-state index contributed by atoms with van der Waals surface area (Å²) in [5.74, 6) is -0.717. The van der Waals surface area contributed by atoms with E-state index in [2.05, 4.69) is 6.58 Å². The van der Waals surface area contributed by atoms with Gasteiger partial charge in [-0.05, 0) is 18.6 Å². The normalized spacial score (nSPS) is 18.4. The van der Waals surface area contributed by atoms with Crippen molar-refractivity contribution in [3.05, 3.63) is 53.5 Å². The van der Waals surface area contributed by atoms with Crippen LogP contribution in [0.4, 0.5) is 0 Å². The molecular weight excluding hydrogens is 312 g/mol. The zero-order valence-corrected chi connectivity index (χ0v) is 13.7. The fraction of sp³-hybridized carbons (Fsp3) is 0.333. The topological polar surface area (TPSA) is 63.6 Å². The van der Waals surface area contributed by atoms with E-state index in [1.807, 2.05) is 30.3 Å². The standard InChI is InChI=1S/C18H20O4S/c1-2-6-14-16(20)11-17(21)15(12-22-10-9-19)18(14)23-13-7-4-3-5-8-13/h2-5,7-8,15,19H,1,6,9-12H2. The highest BCUT2D eigenvalue weighted by Gasteiger charge is 2.34. The molecule has 1 aliphatic rings. The van der Waals surface area contributed by atoms with Gasteiger partial charge in [0.1, 0.15) is 0 Å². The number of hydrogen-bond donors (Lipinski definition) is 1. The van der Waals surface area contributed by atoms with E-state index < -0.39 is 5.92 Å². The monoisotopic (exact) mass is 332 g/mol. The number of rotatable bonds is 8. The number of benzene rings is 1. The highest BCUT2D eigenvalue weighted by molar-refractivity contribution is 8.03. The smallest absolute Gasteiger partial charge is 0.167 e. The Balaban J connectivity index is 2.34. The summed E-state index contributed by atoms with van der Waals surface area (Å²) in [5.41, 5.74) is 0.644. The van der Waals surface area contributed by atoms with E-state index in [0.29, 0.717) is 12.0 Å². The molecule has 23 heavy (non-hydrogen) atoms. The van der Waals surface area contributed by atoms with Gasteiger partial charge in [-0.3, -0.25) is 9.59 Å². The van der Waals surface area contributed by atoms with Gasteiger partial charge in [0.25, 0.3) is 0 Å². The summed E-state index contributed by atoms with van der Waals surface area (Å²) in [6.45, 7) is 3.97. The van der Waals surface area contributed by atoms with Gasteiger partial charge in [-0.1, -0.05) is 36.0 Å². The van der Waals surface area contributed by atoms with Gasteiger partial charge in [-0.25, -0.2) is 0 Å². The molecular formula is C18H20O4S. The van der Waals surface area contributed by atoms with Crippen molar-refractivity contribution in [1.82, 2.24) is 0 Å². The van der Waals surface area contributed by atoms with E-state index in [4.69, 9.17) is 9.84 Å². The van der Waals surface area contributed by atoms with Crippen molar-refractivity contribution in [2.45, 2.75) is 17.7 Å². The Hall–Kier alpha value is -1.69. The van der Waals surface area contributed by atoms with Crippen LogP contribution in [-0.2, 0) is 14.3 Å². The number of thioether (sulfide) groups is 1. The number of carbonyl (C=O) groups excluding carboxylic acids is 2. The molecule has 1 unspecified atom stereocenters. The summed E-state index contributed by atoms with van der Waals surface area (Å²) in [6.07, 6.45) is 2.03. The van der Waals surface area contributed by atoms with E-state index >= 15 is 0 Å². The third-order valence-electron chi connectivity index (χ3n) is 3.51. The predicted octanol–water partition coefficient (Wildman–Crippen LogP) is 2.78. The van der Waals surface area contributed by atoms with Crippen LogP contribution < -0.4 is 0 Å². The van der Waals surface area contributed by atoms with E-state index in [0.717, 1.165) is 9.80 Å². The number of aliphatic hydroxyl groups is 1. The van der Waals surface area contributed by atoms with Crippen molar-refractivity contribution < 1.29 is 19.4 Å².